The van der Waals surface area contributed by atoms with Crippen molar-refractivity contribution in [3.8, 4) is 0 Å². The summed E-state index contributed by atoms with van der Waals surface area (Å²) in [6.07, 6.45) is 3.09. The fraction of sp³-hybridized carbons (Fsp3) is 0.556. The van der Waals surface area contributed by atoms with Gasteiger partial charge in [0, 0.05) is 12.7 Å². The van der Waals surface area contributed by atoms with E-state index in [1.807, 2.05) is 6.92 Å². The Kier molecular flexibility index (Phi) is 2.50. The molecule has 0 aliphatic rings. The molecule has 3 nitrogen and oxygen atoms in total. The lowest BCUT2D eigenvalue weighted by atomic mass is 10.0. The van der Waals surface area contributed by atoms with Gasteiger partial charge in [-0.05, 0) is 20.8 Å². The van der Waals surface area contributed by atoms with E-state index in [9.17, 15) is 9.18 Å². The zero-order valence-electron chi connectivity index (χ0n) is 8.04. The highest BCUT2D eigenvalue weighted by molar-refractivity contribution is 6.00. The summed E-state index contributed by atoms with van der Waals surface area (Å²) in [6.45, 7) is 5.13. The van der Waals surface area contributed by atoms with Gasteiger partial charge < -0.3 is 4.57 Å². The van der Waals surface area contributed by atoms with E-state index in [0.29, 0.717) is 0 Å². The number of ketones is 1. The molecular formula is C9H13FN2O. The predicted octanol–water partition coefficient (Wildman–Crippen LogP) is 1.83. The Morgan fingerprint density at radius 3 is 2.69 bits per heavy atom. The number of carbonyl (C=O) groups excluding carboxylic acids is 1. The fourth-order valence-electron chi connectivity index (χ4n) is 0.955. The van der Waals surface area contributed by atoms with Crippen molar-refractivity contribution in [2.75, 3.05) is 0 Å². The van der Waals surface area contributed by atoms with Gasteiger partial charge in [0.05, 0.1) is 6.33 Å². The Morgan fingerprint density at radius 1 is 1.69 bits per heavy atom. The largest absolute Gasteiger partial charge is 0.337 e. The van der Waals surface area contributed by atoms with Crippen LogP contribution in [0.5, 0.6) is 0 Å². The smallest absolute Gasteiger partial charge is 0.219 e. The van der Waals surface area contributed by atoms with Gasteiger partial charge in [-0.3, -0.25) is 4.79 Å². The number of Topliss-reactive ketones (excluding diaryl/α,β-unsaturated/α-hetero) is 1. The molecule has 1 aromatic rings. The Bertz CT molecular complexity index is 312. The quantitative estimate of drug-likeness (QED) is 0.672. The molecule has 0 unspecified atom stereocenters. The number of rotatable bonds is 3. The van der Waals surface area contributed by atoms with E-state index in [1.54, 1.807) is 10.8 Å². The molecule has 0 saturated heterocycles. The molecule has 0 radical (unpaired) electrons. The monoisotopic (exact) mass is 184 g/mol. The number of aromatic nitrogens is 2. The minimum Gasteiger partial charge on any atom is -0.337 e. The topological polar surface area (TPSA) is 34.9 Å². The maximum Gasteiger partial charge on any atom is 0.219 e. The van der Waals surface area contributed by atoms with Crippen molar-refractivity contribution in [2.24, 2.45) is 0 Å². The number of hydrogen-bond donors (Lipinski definition) is 0. The van der Waals surface area contributed by atoms with Crippen molar-refractivity contribution in [1.82, 2.24) is 9.55 Å². The minimum absolute atomic E-state index is 0.189. The lowest BCUT2D eigenvalue weighted by Crippen LogP contribution is -2.26. The summed E-state index contributed by atoms with van der Waals surface area (Å²) >= 11 is 0. The highest BCUT2D eigenvalue weighted by atomic mass is 19.1. The standard InChI is InChI=1S/C9H13FN2O/c1-4-12-5-7(11-6-12)8(13)9(2,3)10/h5-6H,4H2,1-3H3. The summed E-state index contributed by atoms with van der Waals surface area (Å²) in [5.41, 5.74) is -1.65. The maximum atomic E-state index is 13.2. The van der Waals surface area contributed by atoms with Crippen molar-refractivity contribution < 1.29 is 9.18 Å². The molecule has 1 heterocycles. The number of alkyl halides is 1. The second-order valence-electron chi connectivity index (χ2n) is 3.39. The van der Waals surface area contributed by atoms with Crippen LogP contribution in [0, 0.1) is 0 Å². The van der Waals surface area contributed by atoms with Gasteiger partial charge in [0.2, 0.25) is 5.78 Å². The Hall–Kier alpha value is -1.19. The van der Waals surface area contributed by atoms with E-state index < -0.39 is 11.5 Å². The molecule has 0 aliphatic heterocycles. The molecule has 0 saturated carbocycles. The Balaban J connectivity index is 2.90. The molecule has 1 aromatic heterocycles. The lowest BCUT2D eigenvalue weighted by Gasteiger charge is -2.09. The van der Waals surface area contributed by atoms with Gasteiger partial charge in [-0.1, -0.05) is 0 Å². The van der Waals surface area contributed by atoms with E-state index in [-0.39, 0.29) is 5.69 Å². The van der Waals surface area contributed by atoms with E-state index in [1.165, 1.54) is 20.2 Å². The second kappa shape index (κ2) is 3.28. The average Bonchev–Trinajstić information content (AvgIpc) is 2.48. The van der Waals surface area contributed by atoms with Crippen LogP contribution in [0.4, 0.5) is 4.39 Å². The molecule has 0 amide bonds. The van der Waals surface area contributed by atoms with Crippen molar-refractivity contribution in [2.45, 2.75) is 33.0 Å². The third-order valence-electron chi connectivity index (χ3n) is 1.77. The van der Waals surface area contributed by atoms with Crippen LogP contribution in [0.1, 0.15) is 31.3 Å². The first-order valence-electron chi connectivity index (χ1n) is 4.20. The van der Waals surface area contributed by atoms with E-state index in [4.69, 9.17) is 0 Å². The molecule has 0 fully saturated rings. The van der Waals surface area contributed by atoms with Crippen LogP contribution in [0.3, 0.4) is 0 Å². The van der Waals surface area contributed by atoms with Gasteiger partial charge in [-0.25, -0.2) is 9.37 Å². The van der Waals surface area contributed by atoms with Crippen LogP contribution in [-0.2, 0) is 6.54 Å². The average molecular weight is 184 g/mol. The number of carbonyl (C=O) groups is 1. The van der Waals surface area contributed by atoms with E-state index in [0.717, 1.165) is 6.54 Å². The number of halogens is 1. The van der Waals surface area contributed by atoms with E-state index in [2.05, 4.69) is 4.98 Å². The van der Waals surface area contributed by atoms with E-state index >= 15 is 0 Å². The summed E-state index contributed by atoms with van der Waals surface area (Å²) in [6, 6.07) is 0. The summed E-state index contributed by atoms with van der Waals surface area (Å²) < 4.78 is 14.9. The van der Waals surface area contributed by atoms with Crippen LogP contribution in [0.2, 0.25) is 0 Å². The number of aryl methyl sites for hydroxylation is 1. The van der Waals surface area contributed by atoms with Gasteiger partial charge in [0.15, 0.2) is 5.67 Å². The highest BCUT2D eigenvalue weighted by Crippen LogP contribution is 2.15. The Morgan fingerprint density at radius 2 is 2.31 bits per heavy atom. The molecule has 0 spiro atoms. The predicted molar refractivity (Wildman–Crippen MR) is 47.4 cm³/mol. The van der Waals surface area contributed by atoms with Crippen LogP contribution >= 0.6 is 0 Å². The molecular weight excluding hydrogens is 171 g/mol. The van der Waals surface area contributed by atoms with Gasteiger partial charge in [-0.15, -0.1) is 0 Å². The first-order valence-corrected chi connectivity index (χ1v) is 4.20. The van der Waals surface area contributed by atoms with Crippen LogP contribution in [0.25, 0.3) is 0 Å². The molecule has 4 heteroatoms. The Labute approximate surface area is 76.6 Å². The normalized spacial score (nSPS) is 11.7. The van der Waals surface area contributed by atoms with Gasteiger partial charge in [-0.2, -0.15) is 0 Å². The SMILES string of the molecule is CCn1cnc(C(=O)C(C)(C)F)c1. The molecule has 0 aromatic carbocycles. The number of imidazole rings is 1. The minimum atomic E-state index is -1.84. The first kappa shape index (κ1) is 9.89. The van der Waals surface area contributed by atoms with Crippen molar-refractivity contribution >= 4 is 5.78 Å². The van der Waals surface area contributed by atoms with Gasteiger partial charge in [0.1, 0.15) is 5.69 Å². The summed E-state index contributed by atoms with van der Waals surface area (Å²) in [5, 5.41) is 0. The summed E-state index contributed by atoms with van der Waals surface area (Å²) in [4.78, 5) is 15.2. The molecule has 0 bridgehead atoms. The van der Waals surface area contributed by atoms with Crippen LogP contribution < -0.4 is 0 Å². The highest BCUT2D eigenvalue weighted by Gasteiger charge is 2.29. The zero-order valence-corrected chi connectivity index (χ0v) is 8.04. The third-order valence-corrected chi connectivity index (χ3v) is 1.77. The van der Waals surface area contributed by atoms with Crippen LogP contribution in [-0.4, -0.2) is 21.0 Å². The molecule has 0 aliphatic carbocycles. The van der Waals surface area contributed by atoms with Crippen molar-refractivity contribution in [3.63, 3.8) is 0 Å². The zero-order chi connectivity index (χ0) is 10.1. The third kappa shape index (κ3) is 2.14. The summed E-state index contributed by atoms with van der Waals surface area (Å²) in [7, 11) is 0. The molecule has 0 atom stereocenters. The number of nitrogens with zero attached hydrogens (tertiary/aromatic N) is 2. The lowest BCUT2D eigenvalue weighted by molar-refractivity contribution is 0.0755. The molecule has 72 valence electrons. The second-order valence-corrected chi connectivity index (χ2v) is 3.39. The first-order chi connectivity index (χ1) is 5.95. The fourth-order valence-corrected chi connectivity index (χ4v) is 0.955. The summed E-state index contributed by atoms with van der Waals surface area (Å²) in [5.74, 6) is -0.570. The van der Waals surface area contributed by atoms with Crippen molar-refractivity contribution in [3.05, 3.63) is 18.2 Å². The van der Waals surface area contributed by atoms with Gasteiger partial charge in [0.25, 0.3) is 0 Å². The van der Waals surface area contributed by atoms with Gasteiger partial charge >= 0.3 is 0 Å². The maximum absolute atomic E-state index is 13.2. The molecule has 1 rings (SSSR count). The molecule has 0 N–H and O–H groups in total. The number of hydrogen-bond acceptors (Lipinski definition) is 2. The molecule has 13 heavy (non-hydrogen) atoms. The van der Waals surface area contributed by atoms with Crippen molar-refractivity contribution in [1.29, 1.82) is 0 Å². The van der Waals surface area contributed by atoms with Crippen LogP contribution in [0.15, 0.2) is 12.5 Å².